The second-order valence-corrected chi connectivity index (χ2v) is 7.07. The zero-order valence-electron chi connectivity index (χ0n) is 13.9. The van der Waals surface area contributed by atoms with E-state index in [-0.39, 0.29) is 5.91 Å². The Labute approximate surface area is 151 Å². The van der Waals surface area contributed by atoms with E-state index in [2.05, 4.69) is 33.5 Å². The molecule has 1 aliphatic rings. The Balaban J connectivity index is 1.36. The molecule has 0 unspecified atom stereocenters. The predicted molar refractivity (Wildman–Crippen MR) is 99.2 cm³/mol. The molecule has 0 aliphatic carbocycles. The lowest BCUT2D eigenvalue weighted by Gasteiger charge is -2.28. The highest BCUT2D eigenvalue weighted by Gasteiger charge is 2.20. The van der Waals surface area contributed by atoms with E-state index < -0.39 is 0 Å². The van der Waals surface area contributed by atoms with Crippen LogP contribution in [-0.2, 0) is 24.2 Å². The minimum absolute atomic E-state index is 0.216. The molecule has 0 atom stereocenters. The lowest BCUT2D eigenvalue weighted by Crippen LogP contribution is -2.36. The minimum Gasteiger partial charge on any atom is -0.338 e. The Morgan fingerprint density at radius 3 is 2.76 bits per heavy atom. The van der Waals surface area contributed by atoms with Crippen LogP contribution < -0.4 is 0 Å². The zero-order chi connectivity index (χ0) is 17.1. The number of carbonyl (C=O) groups excluding carboxylic acids is 1. The van der Waals surface area contributed by atoms with Crippen molar-refractivity contribution >= 4 is 17.2 Å². The molecule has 0 N–H and O–H groups in total. The van der Waals surface area contributed by atoms with E-state index in [9.17, 15) is 4.79 Å². The molecule has 3 heterocycles. The maximum absolute atomic E-state index is 12.6. The van der Waals surface area contributed by atoms with Gasteiger partial charge in [0.15, 0.2) is 0 Å². The Bertz CT molecular complexity index is 875. The highest BCUT2D eigenvalue weighted by molar-refractivity contribution is 7.13. The maximum Gasteiger partial charge on any atom is 0.223 e. The van der Waals surface area contributed by atoms with Crippen molar-refractivity contribution in [3.8, 4) is 10.6 Å². The zero-order valence-corrected chi connectivity index (χ0v) is 14.7. The van der Waals surface area contributed by atoms with Gasteiger partial charge in [-0.3, -0.25) is 9.78 Å². The predicted octanol–water partition coefficient (Wildman–Crippen LogP) is 3.72. The number of hydrogen-bond acceptors (Lipinski definition) is 4. The van der Waals surface area contributed by atoms with Crippen molar-refractivity contribution in [2.45, 2.75) is 25.8 Å². The van der Waals surface area contributed by atoms with Crippen molar-refractivity contribution in [1.82, 2.24) is 14.9 Å². The van der Waals surface area contributed by atoms with Gasteiger partial charge < -0.3 is 4.90 Å². The monoisotopic (exact) mass is 349 g/mol. The lowest BCUT2D eigenvalue weighted by molar-refractivity contribution is -0.132. The van der Waals surface area contributed by atoms with Crippen LogP contribution in [0.3, 0.4) is 0 Å². The van der Waals surface area contributed by atoms with Gasteiger partial charge in [-0.05, 0) is 36.1 Å². The standard InChI is InChI=1S/C20H19N3OS/c24-19(23-12-9-15-3-1-2-4-17(15)13-23)6-5-18-14-25-20(22-18)16-7-10-21-11-8-16/h1-4,7-8,10-11,14H,5-6,9,12-13H2. The molecule has 1 amide bonds. The average molecular weight is 349 g/mol. The molecule has 1 aromatic carbocycles. The van der Waals surface area contributed by atoms with Crippen molar-refractivity contribution in [2.75, 3.05) is 6.54 Å². The number of amides is 1. The van der Waals surface area contributed by atoms with Crippen LogP contribution >= 0.6 is 11.3 Å². The maximum atomic E-state index is 12.6. The molecular formula is C20H19N3OS. The van der Waals surface area contributed by atoms with Crippen molar-refractivity contribution in [2.24, 2.45) is 0 Å². The number of nitrogens with zero attached hydrogens (tertiary/aromatic N) is 3. The molecule has 25 heavy (non-hydrogen) atoms. The summed E-state index contributed by atoms with van der Waals surface area (Å²) in [5, 5.41) is 3.03. The van der Waals surface area contributed by atoms with Crippen LogP contribution in [0.25, 0.3) is 10.6 Å². The second-order valence-electron chi connectivity index (χ2n) is 6.21. The summed E-state index contributed by atoms with van der Waals surface area (Å²) in [6.07, 6.45) is 5.70. The molecule has 0 radical (unpaired) electrons. The van der Waals surface area contributed by atoms with Crippen molar-refractivity contribution in [3.05, 3.63) is 71.0 Å². The summed E-state index contributed by atoms with van der Waals surface area (Å²) in [7, 11) is 0. The van der Waals surface area contributed by atoms with Crippen LogP contribution in [-0.4, -0.2) is 27.3 Å². The highest BCUT2D eigenvalue weighted by Crippen LogP contribution is 2.24. The minimum atomic E-state index is 0.216. The summed E-state index contributed by atoms with van der Waals surface area (Å²) in [4.78, 5) is 23.2. The van der Waals surface area contributed by atoms with Crippen LogP contribution in [0.4, 0.5) is 0 Å². The third kappa shape index (κ3) is 3.61. The van der Waals surface area contributed by atoms with Gasteiger partial charge in [-0.15, -0.1) is 11.3 Å². The van der Waals surface area contributed by atoms with Gasteiger partial charge >= 0.3 is 0 Å². The Morgan fingerprint density at radius 1 is 1.12 bits per heavy atom. The van der Waals surface area contributed by atoms with E-state index in [1.54, 1.807) is 23.7 Å². The molecule has 5 heteroatoms. The number of hydrogen-bond donors (Lipinski definition) is 0. The van der Waals surface area contributed by atoms with Crippen LogP contribution in [0.2, 0.25) is 0 Å². The summed E-state index contributed by atoms with van der Waals surface area (Å²) < 4.78 is 0. The fraction of sp³-hybridized carbons (Fsp3) is 0.250. The van der Waals surface area contributed by atoms with E-state index in [4.69, 9.17) is 0 Å². The largest absolute Gasteiger partial charge is 0.338 e. The molecule has 0 saturated heterocycles. The Morgan fingerprint density at radius 2 is 1.92 bits per heavy atom. The smallest absolute Gasteiger partial charge is 0.223 e. The van der Waals surface area contributed by atoms with Gasteiger partial charge in [0.05, 0.1) is 5.69 Å². The Kier molecular flexibility index (Phi) is 4.57. The van der Waals surface area contributed by atoms with Gasteiger partial charge in [-0.1, -0.05) is 24.3 Å². The summed E-state index contributed by atoms with van der Waals surface area (Å²) in [5.74, 6) is 0.216. The lowest BCUT2D eigenvalue weighted by atomic mass is 9.99. The SMILES string of the molecule is O=C(CCc1csc(-c2ccncc2)n1)N1CCc2ccccc2C1. The van der Waals surface area contributed by atoms with E-state index in [0.29, 0.717) is 12.8 Å². The Hall–Kier alpha value is -2.53. The van der Waals surface area contributed by atoms with Gasteiger partial charge in [-0.2, -0.15) is 0 Å². The molecule has 0 fully saturated rings. The van der Waals surface area contributed by atoms with E-state index in [1.165, 1.54) is 11.1 Å². The van der Waals surface area contributed by atoms with Crippen LogP contribution in [0.1, 0.15) is 23.2 Å². The number of aromatic nitrogens is 2. The molecule has 4 rings (SSSR count). The van der Waals surface area contributed by atoms with Gasteiger partial charge in [0, 0.05) is 42.8 Å². The molecule has 1 aliphatic heterocycles. The van der Waals surface area contributed by atoms with E-state index in [1.807, 2.05) is 23.1 Å². The molecule has 0 saturated carbocycles. The first kappa shape index (κ1) is 16.0. The second kappa shape index (κ2) is 7.15. The molecule has 3 aromatic rings. The number of thiazole rings is 1. The first-order chi connectivity index (χ1) is 12.3. The summed E-state index contributed by atoms with van der Waals surface area (Å²) in [6, 6.07) is 12.3. The quantitative estimate of drug-likeness (QED) is 0.721. The van der Waals surface area contributed by atoms with E-state index in [0.717, 1.165) is 35.8 Å². The van der Waals surface area contributed by atoms with E-state index >= 15 is 0 Å². The first-order valence-corrected chi connectivity index (χ1v) is 9.37. The highest BCUT2D eigenvalue weighted by atomic mass is 32.1. The van der Waals surface area contributed by atoms with Gasteiger partial charge in [0.25, 0.3) is 0 Å². The van der Waals surface area contributed by atoms with Gasteiger partial charge in [0.2, 0.25) is 5.91 Å². The van der Waals surface area contributed by atoms with Crippen molar-refractivity contribution < 1.29 is 4.79 Å². The third-order valence-corrected chi connectivity index (χ3v) is 5.50. The number of fused-ring (bicyclic) bond motifs is 1. The molecule has 2 aromatic heterocycles. The number of benzene rings is 1. The van der Waals surface area contributed by atoms with Crippen molar-refractivity contribution in [1.29, 1.82) is 0 Å². The summed E-state index contributed by atoms with van der Waals surface area (Å²) >= 11 is 1.62. The number of rotatable bonds is 4. The van der Waals surface area contributed by atoms with Crippen molar-refractivity contribution in [3.63, 3.8) is 0 Å². The topological polar surface area (TPSA) is 46.1 Å². The average Bonchev–Trinajstić information content (AvgIpc) is 3.15. The van der Waals surface area contributed by atoms with Gasteiger partial charge in [0.1, 0.15) is 5.01 Å². The summed E-state index contributed by atoms with van der Waals surface area (Å²) in [5.41, 5.74) is 4.71. The molecule has 0 bridgehead atoms. The summed E-state index contributed by atoms with van der Waals surface area (Å²) in [6.45, 7) is 1.55. The molecule has 0 spiro atoms. The molecule has 126 valence electrons. The fourth-order valence-corrected chi connectivity index (χ4v) is 4.01. The first-order valence-electron chi connectivity index (χ1n) is 8.49. The fourth-order valence-electron chi connectivity index (χ4n) is 3.15. The number of aryl methyl sites for hydroxylation is 1. The number of carbonyl (C=O) groups is 1. The van der Waals surface area contributed by atoms with Crippen LogP contribution in [0.5, 0.6) is 0 Å². The number of pyridine rings is 1. The molecular weight excluding hydrogens is 330 g/mol. The van der Waals surface area contributed by atoms with Crippen LogP contribution in [0, 0.1) is 0 Å². The van der Waals surface area contributed by atoms with Gasteiger partial charge in [-0.25, -0.2) is 4.98 Å². The normalized spacial score (nSPS) is 13.5. The third-order valence-electron chi connectivity index (χ3n) is 4.56. The van der Waals surface area contributed by atoms with Crippen LogP contribution in [0.15, 0.2) is 54.2 Å². The molecule has 4 nitrogen and oxygen atoms in total.